The van der Waals surface area contributed by atoms with Crippen molar-refractivity contribution in [3.63, 3.8) is 0 Å². The molecular formula is C18H17ClN6O. The van der Waals surface area contributed by atoms with Crippen LogP contribution in [0, 0.1) is 0 Å². The fourth-order valence-electron chi connectivity index (χ4n) is 3.20. The Bertz CT molecular complexity index is 926. The van der Waals surface area contributed by atoms with Gasteiger partial charge in [-0.25, -0.2) is 9.97 Å². The first-order valence-electron chi connectivity index (χ1n) is 8.39. The summed E-state index contributed by atoms with van der Waals surface area (Å²) in [5.41, 5.74) is 4.05. The maximum Gasteiger partial charge on any atom is 0.244 e. The predicted molar refractivity (Wildman–Crippen MR) is 96.5 cm³/mol. The molecule has 0 spiro atoms. The second-order valence-corrected chi connectivity index (χ2v) is 6.56. The summed E-state index contributed by atoms with van der Waals surface area (Å²) in [4.78, 5) is 27.5. The molecule has 4 rings (SSSR count). The van der Waals surface area contributed by atoms with E-state index in [0.29, 0.717) is 24.5 Å². The Kier molecular flexibility index (Phi) is 4.62. The van der Waals surface area contributed by atoms with E-state index in [9.17, 15) is 4.79 Å². The molecule has 0 N–H and O–H groups in total. The van der Waals surface area contributed by atoms with Gasteiger partial charge in [0.05, 0.1) is 16.9 Å². The molecule has 0 fully saturated rings. The summed E-state index contributed by atoms with van der Waals surface area (Å²) in [5, 5.41) is 4.60. The highest BCUT2D eigenvalue weighted by Crippen LogP contribution is 2.25. The van der Waals surface area contributed by atoms with Crippen LogP contribution >= 0.6 is 11.6 Å². The molecule has 1 aliphatic heterocycles. The number of fused-ring (bicyclic) bond motifs is 1. The van der Waals surface area contributed by atoms with Crippen LogP contribution in [0.5, 0.6) is 0 Å². The van der Waals surface area contributed by atoms with Gasteiger partial charge >= 0.3 is 0 Å². The van der Waals surface area contributed by atoms with E-state index in [1.165, 1.54) is 6.20 Å². The van der Waals surface area contributed by atoms with Crippen molar-refractivity contribution in [1.82, 2.24) is 29.6 Å². The Morgan fingerprint density at radius 2 is 1.96 bits per heavy atom. The number of rotatable bonds is 3. The summed E-state index contributed by atoms with van der Waals surface area (Å²) in [7, 11) is 0. The number of nitrogens with zero attached hydrogens (tertiary/aromatic N) is 6. The highest BCUT2D eigenvalue weighted by molar-refractivity contribution is 6.30. The van der Waals surface area contributed by atoms with Gasteiger partial charge < -0.3 is 4.90 Å². The molecule has 7 nitrogen and oxygen atoms in total. The third kappa shape index (κ3) is 3.43. The highest BCUT2D eigenvalue weighted by atomic mass is 35.5. The monoisotopic (exact) mass is 368 g/mol. The van der Waals surface area contributed by atoms with Crippen molar-refractivity contribution in [1.29, 1.82) is 0 Å². The summed E-state index contributed by atoms with van der Waals surface area (Å²) in [6.07, 6.45) is 9.72. The first-order chi connectivity index (χ1) is 12.7. The quantitative estimate of drug-likeness (QED) is 0.706. The average molecular weight is 369 g/mol. The molecule has 0 unspecified atom stereocenters. The van der Waals surface area contributed by atoms with Gasteiger partial charge in [-0.1, -0.05) is 11.6 Å². The number of pyridine rings is 1. The van der Waals surface area contributed by atoms with Crippen LogP contribution in [0.3, 0.4) is 0 Å². The molecule has 0 aliphatic carbocycles. The third-order valence-corrected chi connectivity index (χ3v) is 4.69. The zero-order valence-electron chi connectivity index (χ0n) is 14.0. The number of hydrogen-bond acceptors (Lipinski definition) is 5. The van der Waals surface area contributed by atoms with Crippen molar-refractivity contribution in [2.75, 3.05) is 13.1 Å². The van der Waals surface area contributed by atoms with E-state index >= 15 is 0 Å². The van der Waals surface area contributed by atoms with E-state index in [4.69, 9.17) is 11.6 Å². The molecule has 0 atom stereocenters. The van der Waals surface area contributed by atoms with Gasteiger partial charge in [0, 0.05) is 54.9 Å². The molecule has 0 bridgehead atoms. The number of aromatic nitrogens is 5. The first kappa shape index (κ1) is 16.7. The van der Waals surface area contributed by atoms with Crippen LogP contribution < -0.4 is 0 Å². The number of amides is 1. The zero-order chi connectivity index (χ0) is 17.9. The number of carbonyl (C=O) groups is 1. The van der Waals surface area contributed by atoms with Gasteiger partial charge in [-0.2, -0.15) is 5.10 Å². The minimum atomic E-state index is 0.0241. The molecular weight excluding hydrogens is 352 g/mol. The fourth-order valence-corrected chi connectivity index (χ4v) is 3.35. The molecule has 0 radical (unpaired) electrons. The van der Waals surface area contributed by atoms with Crippen LogP contribution in [-0.2, 0) is 24.2 Å². The van der Waals surface area contributed by atoms with Gasteiger partial charge in [0.1, 0.15) is 12.9 Å². The second-order valence-electron chi connectivity index (χ2n) is 6.12. The van der Waals surface area contributed by atoms with E-state index in [1.54, 1.807) is 29.6 Å². The number of carbonyl (C=O) groups excluding carboxylic acids is 1. The lowest BCUT2D eigenvalue weighted by molar-refractivity contribution is -0.131. The van der Waals surface area contributed by atoms with Crippen molar-refractivity contribution in [3.05, 3.63) is 59.5 Å². The number of halogens is 1. The lowest BCUT2D eigenvalue weighted by atomic mass is 10.0. The largest absolute Gasteiger partial charge is 0.340 e. The van der Waals surface area contributed by atoms with Crippen LogP contribution in [0.4, 0.5) is 0 Å². The molecule has 0 aromatic carbocycles. The smallest absolute Gasteiger partial charge is 0.244 e. The van der Waals surface area contributed by atoms with E-state index in [0.717, 1.165) is 28.9 Å². The fraction of sp³-hybridized carbons (Fsp3) is 0.278. The number of hydrogen-bond donors (Lipinski definition) is 0. The predicted octanol–water partition coefficient (Wildman–Crippen LogP) is 2.02. The molecule has 3 aromatic heterocycles. The van der Waals surface area contributed by atoms with Crippen molar-refractivity contribution >= 4 is 17.5 Å². The molecule has 0 saturated heterocycles. The molecule has 8 heteroatoms. The van der Waals surface area contributed by atoms with E-state index in [1.807, 2.05) is 17.0 Å². The molecule has 4 heterocycles. The van der Waals surface area contributed by atoms with Gasteiger partial charge in [-0.3, -0.25) is 14.5 Å². The van der Waals surface area contributed by atoms with Crippen LogP contribution in [-0.4, -0.2) is 48.6 Å². The van der Waals surface area contributed by atoms with Crippen LogP contribution in [0.25, 0.3) is 11.3 Å². The maximum atomic E-state index is 12.6. The summed E-state index contributed by atoms with van der Waals surface area (Å²) in [6, 6.07) is 3.88. The standard InChI is InChI=1S/C18H17ClN6O/c19-14-9-23-25(10-14)11-17(26)24-7-3-15-16(4-8-24)21-12-22-18(15)13-1-5-20-6-2-13/h1-2,5-6,9-10,12H,3-4,7-8,11H2. The molecule has 3 aromatic rings. The van der Waals surface area contributed by atoms with Crippen molar-refractivity contribution in [2.24, 2.45) is 0 Å². The van der Waals surface area contributed by atoms with Crippen LogP contribution in [0.15, 0.2) is 43.2 Å². The Morgan fingerprint density at radius 3 is 2.73 bits per heavy atom. The summed E-state index contributed by atoms with van der Waals surface area (Å²) in [6.45, 7) is 1.45. The van der Waals surface area contributed by atoms with Crippen LogP contribution in [0.2, 0.25) is 5.02 Å². The third-order valence-electron chi connectivity index (χ3n) is 4.49. The van der Waals surface area contributed by atoms with Gasteiger partial charge in [0.2, 0.25) is 5.91 Å². The lowest BCUT2D eigenvalue weighted by Gasteiger charge is -2.20. The Balaban J connectivity index is 1.53. The van der Waals surface area contributed by atoms with Crippen molar-refractivity contribution in [2.45, 2.75) is 19.4 Å². The van der Waals surface area contributed by atoms with Gasteiger partial charge in [0.25, 0.3) is 0 Å². The zero-order valence-corrected chi connectivity index (χ0v) is 14.8. The SMILES string of the molecule is O=C(Cn1cc(Cl)cn1)N1CCc2ncnc(-c3ccncc3)c2CC1. The Labute approximate surface area is 155 Å². The summed E-state index contributed by atoms with van der Waals surface area (Å²) >= 11 is 5.86. The topological polar surface area (TPSA) is 76.8 Å². The summed E-state index contributed by atoms with van der Waals surface area (Å²) < 4.78 is 1.56. The van der Waals surface area contributed by atoms with Gasteiger partial charge in [0.15, 0.2) is 0 Å². The lowest BCUT2D eigenvalue weighted by Crippen LogP contribution is -2.36. The van der Waals surface area contributed by atoms with Crippen molar-refractivity contribution < 1.29 is 4.79 Å². The maximum absolute atomic E-state index is 12.6. The molecule has 1 amide bonds. The Morgan fingerprint density at radius 1 is 1.15 bits per heavy atom. The second kappa shape index (κ2) is 7.21. The van der Waals surface area contributed by atoms with Gasteiger partial charge in [-0.15, -0.1) is 0 Å². The van der Waals surface area contributed by atoms with E-state index < -0.39 is 0 Å². The van der Waals surface area contributed by atoms with Gasteiger partial charge in [-0.05, 0) is 18.6 Å². The van der Waals surface area contributed by atoms with E-state index in [2.05, 4.69) is 20.1 Å². The van der Waals surface area contributed by atoms with E-state index in [-0.39, 0.29) is 12.5 Å². The average Bonchev–Trinajstić information content (AvgIpc) is 2.94. The summed E-state index contributed by atoms with van der Waals surface area (Å²) in [5.74, 6) is 0.0241. The Hall–Kier alpha value is -2.80. The van der Waals surface area contributed by atoms with Crippen molar-refractivity contribution in [3.8, 4) is 11.3 Å². The minimum Gasteiger partial charge on any atom is -0.340 e. The first-order valence-corrected chi connectivity index (χ1v) is 8.77. The highest BCUT2D eigenvalue weighted by Gasteiger charge is 2.22. The molecule has 26 heavy (non-hydrogen) atoms. The normalized spacial score (nSPS) is 14.0. The minimum absolute atomic E-state index is 0.0241. The molecule has 1 aliphatic rings. The van der Waals surface area contributed by atoms with Crippen LogP contribution in [0.1, 0.15) is 11.3 Å². The molecule has 132 valence electrons. The molecule has 0 saturated carbocycles.